The van der Waals surface area contributed by atoms with Gasteiger partial charge in [0.15, 0.2) is 0 Å². The maximum absolute atomic E-state index is 5.60. The molecule has 2 rings (SSSR count). The second kappa shape index (κ2) is 6.21. The molecule has 0 unspecified atom stereocenters. The zero-order chi connectivity index (χ0) is 13.0. The Morgan fingerprint density at radius 1 is 1.28 bits per heavy atom. The molecular weight excluding hydrogens is 222 g/mol. The number of piperidine rings is 1. The summed E-state index contributed by atoms with van der Waals surface area (Å²) in [4.78, 5) is 2.46. The van der Waals surface area contributed by atoms with Crippen LogP contribution in [-0.2, 0) is 0 Å². The molecule has 1 aliphatic heterocycles. The van der Waals surface area contributed by atoms with E-state index in [1.54, 1.807) is 0 Å². The smallest absolute Gasteiger partial charge is 0.0374 e. The van der Waals surface area contributed by atoms with Crippen LogP contribution in [0, 0.1) is 13.8 Å². The van der Waals surface area contributed by atoms with Crippen LogP contribution in [0.2, 0.25) is 0 Å². The molecule has 1 aliphatic rings. The minimum atomic E-state index is 0.611. The number of benzene rings is 1. The quantitative estimate of drug-likeness (QED) is 0.856. The Hall–Kier alpha value is -1.06. The number of hydrogen-bond donors (Lipinski definition) is 2. The third kappa shape index (κ3) is 3.47. The fraction of sp³-hybridized carbons (Fsp3) is 0.600. The summed E-state index contributed by atoms with van der Waals surface area (Å²) in [6.45, 7) is 8.46. The Bertz CT molecular complexity index is 381. The van der Waals surface area contributed by atoms with Crippen LogP contribution in [0.25, 0.3) is 0 Å². The molecule has 100 valence electrons. The summed E-state index contributed by atoms with van der Waals surface area (Å²) in [5.41, 5.74) is 9.56. The normalized spacial score (nSPS) is 17.9. The Morgan fingerprint density at radius 3 is 2.67 bits per heavy atom. The summed E-state index contributed by atoms with van der Waals surface area (Å²) in [7, 11) is 0. The molecule has 1 heterocycles. The van der Waals surface area contributed by atoms with Crippen molar-refractivity contribution >= 4 is 5.69 Å². The SMILES string of the molecule is Cc1ccc(C)c(NC2CCN(CCN)CC2)c1. The molecular formula is C15H25N3. The molecule has 1 aromatic rings. The second-order valence-electron chi connectivity index (χ2n) is 5.37. The van der Waals surface area contributed by atoms with Crippen LogP contribution in [0.5, 0.6) is 0 Å². The first-order chi connectivity index (χ1) is 8.69. The zero-order valence-corrected chi connectivity index (χ0v) is 11.6. The first-order valence-corrected chi connectivity index (χ1v) is 6.95. The summed E-state index contributed by atoms with van der Waals surface area (Å²) in [6.07, 6.45) is 2.43. The number of rotatable bonds is 4. The van der Waals surface area contributed by atoms with Gasteiger partial charge in [-0.15, -0.1) is 0 Å². The first kappa shape index (κ1) is 13.4. The zero-order valence-electron chi connectivity index (χ0n) is 11.6. The van der Waals surface area contributed by atoms with Gasteiger partial charge in [-0.1, -0.05) is 12.1 Å². The van der Waals surface area contributed by atoms with E-state index in [0.717, 1.165) is 13.1 Å². The van der Waals surface area contributed by atoms with Crippen LogP contribution in [0.15, 0.2) is 18.2 Å². The van der Waals surface area contributed by atoms with Gasteiger partial charge in [-0.2, -0.15) is 0 Å². The molecule has 0 saturated carbocycles. The summed E-state index contributed by atoms with van der Waals surface area (Å²) in [5.74, 6) is 0. The topological polar surface area (TPSA) is 41.3 Å². The minimum absolute atomic E-state index is 0.611. The van der Waals surface area contributed by atoms with Crippen molar-refractivity contribution in [2.75, 3.05) is 31.5 Å². The molecule has 0 aromatic heterocycles. The van der Waals surface area contributed by atoms with Crippen molar-refractivity contribution in [2.24, 2.45) is 5.73 Å². The number of nitrogens with one attached hydrogen (secondary N) is 1. The Kier molecular flexibility index (Phi) is 4.61. The second-order valence-corrected chi connectivity index (χ2v) is 5.37. The van der Waals surface area contributed by atoms with Crippen LogP contribution in [0.3, 0.4) is 0 Å². The van der Waals surface area contributed by atoms with E-state index in [4.69, 9.17) is 5.73 Å². The van der Waals surface area contributed by atoms with E-state index in [2.05, 4.69) is 42.3 Å². The molecule has 18 heavy (non-hydrogen) atoms. The number of anilines is 1. The largest absolute Gasteiger partial charge is 0.382 e. The Morgan fingerprint density at radius 2 is 2.00 bits per heavy atom. The molecule has 1 fully saturated rings. The van der Waals surface area contributed by atoms with Gasteiger partial charge < -0.3 is 16.0 Å². The van der Waals surface area contributed by atoms with Gasteiger partial charge in [0.25, 0.3) is 0 Å². The number of nitrogens with zero attached hydrogens (tertiary/aromatic N) is 1. The summed E-state index contributed by atoms with van der Waals surface area (Å²) < 4.78 is 0. The van der Waals surface area contributed by atoms with Crippen molar-refractivity contribution < 1.29 is 0 Å². The Balaban J connectivity index is 1.89. The Labute approximate surface area is 110 Å². The predicted octanol–water partition coefficient (Wildman–Crippen LogP) is 2.14. The highest BCUT2D eigenvalue weighted by Crippen LogP contribution is 2.21. The molecule has 3 N–H and O–H groups in total. The van der Waals surface area contributed by atoms with Gasteiger partial charge in [0.2, 0.25) is 0 Å². The lowest BCUT2D eigenvalue weighted by Gasteiger charge is -2.32. The van der Waals surface area contributed by atoms with Crippen LogP contribution < -0.4 is 11.1 Å². The predicted molar refractivity (Wildman–Crippen MR) is 78.1 cm³/mol. The van der Waals surface area contributed by atoms with E-state index in [1.165, 1.54) is 42.7 Å². The van der Waals surface area contributed by atoms with Crippen LogP contribution in [-0.4, -0.2) is 37.1 Å². The standard InChI is InChI=1S/C15H25N3/c1-12-3-4-13(2)15(11-12)17-14-5-8-18(9-6-14)10-7-16/h3-4,11,14,17H,5-10,16H2,1-2H3. The molecule has 0 spiro atoms. The molecule has 1 aromatic carbocycles. The third-order valence-corrected chi connectivity index (χ3v) is 3.79. The number of likely N-dealkylation sites (tertiary alicyclic amines) is 1. The van der Waals surface area contributed by atoms with Gasteiger partial charge in [0, 0.05) is 37.9 Å². The average molecular weight is 247 g/mol. The van der Waals surface area contributed by atoms with E-state index >= 15 is 0 Å². The highest BCUT2D eigenvalue weighted by Gasteiger charge is 2.18. The van der Waals surface area contributed by atoms with Crippen molar-refractivity contribution in [3.05, 3.63) is 29.3 Å². The monoisotopic (exact) mass is 247 g/mol. The fourth-order valence-corrected chi connectivity index (χ4v) is 2.59. The van der Waals surface area contributed by atoms with Crippen LogP contribution >= 0.6 is 0 Å². The first-order valence-electron chi connectivity index (χ1n) is 6.95. The van der Waals surface area contributed by atoms with Gasteiger partial charge in [0.1, 0.15) is 0 Å². The molecule has 0 amide bonds. The van der Waals surface area contributed by atoms with Gasteiger partial charge in [0.05, 0.1) is 0 Å². The number of hydrogen-bond acceptors (Lipinski definition) is 3. The fourth-order valence-electron chi connectivity index (χ4n) is 2.59. The highest BCUT2D eigenvalue weighted by atomic mass is 15.1. The molecule has 0 aliphatic carbocycles. The van der Waals surface area contributed by atoms with Gasteiger partial charge >= 0.3 is 0 Å². The highest BCUT2D eigenvalue weighted by molar-refractivity contribution is 5.53. The average Bonchev–Trinajstić information content (AvgIpc) is 2.37. The lowest BCUT2D eigenvalue weighted by molar-refractivity contribution is 0.224. The van der Waals surface area contributed by atoms with Crippen molar-refractivity contribution in [3.63, 3.8) is 0 Å². The van der Waals surface area contributed by atoms with Gasteiger partial charge in [-0.25, -0.2) is 0 Å². The van der Waals surface area contributed by atoms with Crippen molar-refractivity contribution in [1.29, 1.82) is 0 Å². The number of nitrogens with two attached hydrogens (primary N) is 1. The molecule has 3 nitrogen and oxygen atoms in total. The van der Waals surface area contributed by atoms with Crippen LogP contribution in [0.1, 0.15) is 24.0 Å². The van der Waals surface area contributed by atoms with Crippen molar-refractivity contribution in [3.8, 4) is 0 Å². The maximum Gasteiger partial charge on any atom is 0.0374 e. The van der Waals surface area contributed by atoms with Crippen molar-refractivity contribution in [2.45, 2.75) is 32.7 Å². The van der Waals surface area contributed by atoms with Crippen molar-refractivity contribution in [1.82, 2.24) is 4.90 Å². The van der Waals surface area contributed by atoms with Gasteiger partial charge in [-0.3, -0.25) is 0 Å². The summed E-state index contributed by atoms with van der Waals surface area (Å²) in [6, 6.07) is 7.23. The molecule has 3 heteroatoms. The van der Waals surface area contributed by atoms with Gasteiger partial charge in [-0.05, 0) is 43.9 Å². The summed E-state index contributed by atoms with van der Waals surface area (Å²) >= 11 is 0. The lowest BCUT2D eigenvalue weighted by Crippen LogP contribution is -2.41. The van der Waals surface area contributed by atoms with E-state index < -0.39 is 0 Å². The minimum Gasteiger partial charge on any atom is -0.382 e. The van der Waals surface area contributed by atoms with Crippen LogP contribution in [0.4, 0.5) is 5.69 Å². The molecule has 1 saturated heterocycles. The lowest BCUT2D eigenvalue weighted by atomic mass is 10.0. The maximum atomic E-state index is 5.60. The number of aryl methyl sites for hydroxylation is 2. The van der Waals surface area contributed by atoms with E-state index in [-0.39, 0.29) is 0 Å². The summed E-state index contributed by atoms with van der Waals surface area (Å²) in [5, 5.41) is 3.69. The molecule has 0 bridgehead atoms. The van der Waals surface area contributed by atoms with E-state index in [1.807, 2.05) is 0 Å². The van der Waals surface area contributed by atoms with E-state index in [0.29, 0.717) is 6.04 Å². The molecule has 0 atom stereocenters. The third-order valence-electron chi connectivity index (χ3n) is 3.79. The molecule has 0 radical (unpaired) electrons. The van der Waals surface area contributed by atoms with E-state index in [9.17, 15) is 0 Å².